The average molecular weight is 242 g/mol. The van der Waals surface area contributed by atoms with Crippen molar-refractivity contribution in [3.8, 4) is 11.1 Å². The first kappa shape index (κ1) is 12.1. The lowest BCUT2D eigenvalue weighted by molar-refractivity contribution is -0.136. The number of hydrogen-bond acceptors (Lipinski definition) is 3. The molecule has 2 rings (SSSR count). The Morgan fingerprint density at radius 3 is 2.72 bits per heavy atom. The van der Waals surface area contributed by atoms with Crippen molar-refractivity contribution in [1.29, 1.82) is 0 Å². The summed E-state index contributed by atoms with van der Waals surface area (Å²) in [6.07, 6.45) is 1.81. The number of nitrogens with one attached hydrogen (secondary N) is 1. The maximum Gasteiger partial charge on any atom is 0.307 e. The Morgan fingerprint density at radius 1 is 1.28 bits per heavy atom. The molecule has 0 spiro atoms. The molecule has 0 saturated heterocycles. The van der Waals surface area contributed by atoms with Crippen LogP contribution in [0.1, 0.15) is 5.56 Å². The number of carbonyl (C=O) groups is 1. The Labute approximate surface area is 105 Å². The van der Waals surface area contributed by atoms with Crippen molar-refractivity contribution >= 4 is 11.8 Å². The minimum atomic E-state index is -0.823. The molecule has 18 heavy (non-hydrogen) atoms. The van der Waals surface area contributed by atoms with E-state index in [1.165, 1.54) is 0 Å². The molecule has 0 aliphatic rings. The number of pyridine rings is 1. The van der Waals surface area contributed by atoms with E-state index in [4.69, 9.17) is 5.11 Å². The Kier molecular flexibility index (Phi) is 3.57. The van der Waals surface area contributed by atoms with E-state index < -0.39 is 5.97 Å². The first-order valence-corrected chi connectivity index (χ1v) is 5.64. The number of aliphatic carboxylic acids is 1. The van der Waals surface area contributed by atoms with Crippen LogP contribution in [-0.2, 0) is 11.2 Å². The van der Waals surface area contributed by atoms with Gasteiger partial charge in [0.05, 0.1) is 6.42 Å². The van der Waals surface area contributed by atoms with Crippen LogP contribution in [0.25, 0.3) is 11.1 Å². The molecule has 0 saturated carbocycles. The third-order valence-electron chi connectivity index (χ3n) is 2.64. The van der Waals surface area contributed by atoms with Crippen LogP contribution in [-0.4, -0.2) is 23.1 Å². The van der Waals surface area contributed by atoms with Gasteiger partial charge in [-0.05, 0) is 23.3 Å². The second-order valence-corrected chi connectivity index (χ2v) is 3.95. The molecule has 0 radical (unpaired) electrons. The number of nitrogens with zero attached hydrogens (tertiary/aromatic N) is 1. The zero-order chi connectivity index (χ0) is 13.0. The third kappa shape index (κ3) is 2.85. The summed E-state index contributed by atoms with van der Waals surface area (Å²) < 4.78 is 0. The van der Waals surface area contributed by atoms with Crippen molar-refractivity contribution in [1.82, 2.24) is 4.98 Å². The van der Waals surface area contributed by atoms with E-state index in [0.717, 1.165) is 22.5 Å². The molecule has 92 valence electrons. The first-order chi connectivity index (χ1) is 8.69. The van der Waals surface area contributed by atoms with Crippen LogP contribution < -0.4 is 5.32 Å². The van der Waals surface area contributed by atoms with Gasteiger partial charge in [0.1, 0.15) is 5.82 Å². The minimum absolute atomic E-state index is 0.0376. The van der Waals surface area contributed by atoms with E-state index >= 15 is 0 Å². The van der Waals surface area contributed by atoms with E-state index in [-0.39, 0.29) is 6.42 Å². The fourth-order valence-electron chi connectivity index (χ4n) is 1.75. The summed E-state index contributed by atoms with van der Waals surface area (Å²) >= 11 is 0. The first-order valence-electron chi connectivity index (χ1n) is 5.64. The standard InChI is InChI=1S/C14H14N2O2/c1-15-13-6-5-12(9-16-13)11-4-2-3-10(7-11)8-14(17)18/h2-7,9H,8H2,1H3,(H,15,16)(H,17,18). The number of aromatic nitrogens is 1. The van der Waals surface area contributed by atoms with Crippen molar-refractivity contribution < 1.29 is 9.90 Å². The van der Waals surface area contributed by atoms with Gasteiger partial charge in [0, 0.05) is 18.8 Å². The number of carboxylic acid groups (broad SMARTS) is 1. The lowest BCUT2D eigenvalue weighted by Gasteiger charge is -2.05. The maximum atomic E-state index is 10.7. The highest BCUT2D eigenvalue weighted by molar-refractivity contribution is 5.72. The monoisotopic (exact) mass is 242 g/mol. The second-order valence-electron chi connectivity index (χ2n) is 3.95. The lowest BCUT2D eigenvalue weighted by atomic mass is 10.0. The average Bonchev–Trinajstić information content (AvgIpc) is 2.38. The van der Waals surface area contributed by atoms with E-state index in [9.17, 15) is 4.79 Å². The Balaban J connectivity index is 2.29. The van der Waals surface area contributed by atoms with Crippen molar-refractivity contribution in [2.75, 3.05) is 12.4 Å². The van der Waals surface area contributed by atoms with Crippen LogP contribution in [0.15, 0.2) is 42.6 Å². The number of rotatable bonds is 4. The number of carboxylic acids is 1. The predicted molar refractivity (Wildman–Crippen MR) is 70.6 cm³/mol. The fourth-order valence-corrected chi connectivity index (χ4v) is 1.75. The summed E-state index contributed by atoms with van der Waals surface area (Å²) in [5.74, 6) is -0.0174. The Hall–Kier alpha value is -2.36. The quantitative estimate of drug-likeness (QED) is 0.864. The van der Waals surface area contributed by atoms with Crippen molar-refractivity contribution in [3.05, 3.63) is 48.2 Å². The van der Waals surface area contributed by atoms with Gasteiger partial charge in [0.2, 0.25) is 0 Å². The van der Waals surface area contributed by atoms with Gasteiger partial charge in [-0.2, -0.15) is 0 Å². The third-order valence-corrected chi connectivity index (χ3v) is 2.64. The molecule has 4 heteroatoms. The molecule has 0 aliphatic carbocycles. The molecular formula is C14H14N2O2. The normalized spacial score (nSPS) is 10.1. The largest absolute Gasteiger partial charge is 0.481 e. The van der Waals surface area contributed by atoms with Crippen LogP contribution in [0.4, 0.5) is 5.82 Å². The molecule has 0 fully saturated rings. The molecule has 0 atom stereocenters. The van der Waals surface area contributed by atoms with Gasteiger partial charge in [-0.15, -0.1) is 0 Å². The van der Waals surface area contributed by atoms with Gasteiger partial charge in [0.25, 0.3) is 0 Å². The smallest absolute Gasteiger partial charge is 0.307 e. The van der Waals surface area contributed by atoms with Crippen LogP contribution in [0.5, 0.6) is 0 Å². The number of hydrogen-bond donors (Lipinski definition) is 2. The second kappa shape index (κ2) is 5.31. The lowest BCUT2D eigenvalue weighted by Crippen LogP contribution is -1.99. The van der Waals surface area contributed by atoms with E-state index in [1.54, 1.807) is 6.20 Å². The van der Waals surface area contributed by atoms with Crippen molar-refractivity contribution in [2.24, 2.45) is 0 Å². The summed E-state index contributed by atoms with van der Waals surface area (Å²) in [5.41, 5.74) is 2.74. The SMILES string of the molecule is CNc1ccc(-c2cccc(CC(=O)O)c2)cn1. The fraction of sp³-hybridized carbons (Fsp3) is 0.143. The van der Waals surface area contributed by atoms with Crippen LogP contribution in [0.2, 0.25) is 0 Å². The van der Waals surface area contributed by atoms with Gasteiger partial charge in [-0.1, -0.05) is 24.3 Å². The van der Waals surface area contributed by atoms with Crippen molar-refractivity contribution in [3.63, 3.8) is 0 Å². The zero-order valence-corrected chi connectivity index (χ0v) is 10.1. The predicted octanol–water partition coefficient (Wildman–Crippen LogP) is 2.42. The van der Waals surface area contributed by atoms with Gasteiger partial charge in [-0.25, -0.2) is 4.98 Å². The zero-order valence-electron chi connectivity index (χ0n) is 10.1. The molecule has 0 unspecified atom stereocenters. The molecule has 0 amide bonds. The summed E-state index contributed by atoms with van der Waals surface area (Å²) in [5, 5.41) is 11.7. The molecule has 1 heterocycles. The maximum absolute atomic E-state index is 10.7. The molecule has 1 aromatic heterocycles. The van der Waals surface area contributed by atoms with Gasteiger partial charge in [-0.3, -0.25) is 4.79 Å². The number of benzene rings is 1. The summed E-state index contributed by atoms with van der Waals surface area (Å²) in [7, 11) is 1.81. The van der Waals surface area contributed by atoms with E-state index in [0.29, 0.717) is 0 Å². The topological polar surface area (TPSA) is 62.2 Å². The molecular weight excluding hydrogens is 228 g/mol. The van der Waals surface area contributed by atoms with Gasteiger partial charge >= 0.3 is 5.97 Å². The summed E-state index contributed by atoms with van der Waals surface area (Å²) in [6, 6.07) is 11.3. The Morgan fingerprint density at radius 2 is 2.11 bits per heavy atom. The number of anilines is 1. The molecule has 2 N–H and O–H groups in total. The Bertz CT molecular complexity index is 550. The van der Waals surface area contributed by atoms with Crippen LogP contribution >= 0.6 is 0 Å². The van der Waals surface area contributed by atoms with Crippen molar-refractivity contribution in [2.45, 2.75) is 6.42 Å². The molecule has 4 nitrogen and oxygen atoms in total. The molecule has 1 aromatic carbocycles. The molecule has 0 aliphatic heterocycles. The molecule has 2 aromatic rings. The highest BCUT2D eigenvalue weighted by atomic mass is 16.4. The van der Waals surface area contributed by atoms with Crippen LogP contribution in [0.3, 0.4) is 0 Å². The molecule has 0 bridgehead atoms. The highest BCUT2D eigenvalue weighted by Gasteiger charge is 2.03. The summed E-state index contributed by atoms with van der Waals surface area (Å²) in [6.45, 7) is 0. The van der Waals surface area contributed by atoms with E-state index in [1.807, 2.05) is 43.4 Å². The summed E-state index contributed by atoms with van der Waals surface area (Å²) in [4.78, 5) is 14.9. The van der Waals surface area contributed by atoms with Gasteiger partial charge < -0.3 is 10.4 Å². The van der Waals surface area contributed by atoms with Gasteiger partial charge in [0.15, 0.2) is 0 Å². The minimum Gasteiger partial charge on any atom is -0.481 e. The van der Waals surface area contributed by atoms with E-state index in [2.05, 4.69) is 10.3 Å². The highest BCUT2D eigenvalue weighted by Crippen LogP contribution is 2.20. The van der Waals surface area contributed by atoms with Crippen LogP contribution in [0, 0.1) is 0 Å².